The first-order valence-electron chi connectivity index (χ1n) is 11.9. The van der Waals surface area contributed by atoms with Crippen LogP contribution in [0.1, 0.15) is 62.3 Å². The van der Waals surface area contributed by atoms with Crippen LogP contribution in [0.3, 0.4) is 0 Å². The Morgan fingerprint density at radius 1 is 0.706 bits per heavy atom. The molecule has 3 aliphatic heterocycles. The molecule has 1 aromatic carbocycles. The van der Waals surface area contributed by atoms with Gasteiger partial charge in [0.05, 0.1) is 0 Å². The fraction of sp³-hybridized carbons (Fsp3) is 0.640. The number of hydrogen-bond donors (Lipinski definition) is 3. The van der Waals surface area contributed by atoms with Crippen LogP contribution in [0.4, 0.5) is 0 Å². The average Bonchev–Trinajstić information content (AvgIpc) is 3.33. The molecular formula is C25H42BMgN4O3+3. The number of rotatable bonds is 4. The molecule has 0 atom stereocenters. The number of benzene rings is 1. The van der Waals surface area contributed by atoms with Crippen molar-refractivity contribution in [1.29, 1.82) is 0 Å². The van der Waals surface area contributed by atoms with Crippen molar-refractivity contribution in [3.05, 3.63) is 36.1 Å². The van der Waals surface area contributed by atoms with Crippen LogP contribution in [-0.2, 0) is 14.2 Å². The van der Waals surface area contributed by atoms with Gasteiger partial charge in [-0.1, -0.05) is 51.1 Å². The molecule has 0 amide bonds. The summed E-state index contributed by atoms with van der Waals surface area (Å²) in [4.78, 5) is 10.9. The standard InChI is InChI=1S/C21H29BN3O3.C4H10N.Mg/c1-19(2)12-26-16(23-19)22(15-10-8-7-9-11-15,17-24-20(3,4)13-27-17)18-25-21(5,6)14-28-18;1-4(2,3)5;/h7-11H,12-14H2,1-6H3;5H,1-3H3;/q2*-1;+2/p+3. The molecule has 1 aromatic rings. The van der Waals surface area contributed by atoms with Gasteiger partial charge >= 0.3 is 29.2 Å². The molecule has 0 unspecified atom stereocenters. The van der Waals surface area contributed by atoms with E-state index in [-0.39, 0.29) is 45.2 Å². The van der Waals surface area contributed by atoms with Crippen molar-refractivity contribution in [3.63, 3.8) is 0 Å². The van der Waals surface area contributed by atoms with Crippen LogP contribution in [0.5, 0.6) is 0 Å². The molecule has 0 spiro atoms. The SMILES string of the molecule is CC(C)(C)[NH-].CC1(C)COC([B-](C2=[NH+]C(C)(C)CO2)(C2=[NH+]C(C)(C)CO2)c2ccccc2)=[NH+]1.[Mg+2]. The second-order valence-corrected chi connectivity index (χ2v) is 12.5. The zero-order valence-electron chi connectivity index (χ0n) is 22.5. The molecule has 0 aromatic heterocycles. The summed E-state index contributed by atoms with van der Waals surface area (Å²) < 4.78 is 18.9. The maximum Gasteiger partial charge on any atom is 2.00 e. The van der Waals surface area contributed by atoms with Crippen LogP contribution in [0, 0.1) is 0 Å². The Morgan fingerprint density at radius 3 is 1.24 bits per heavy atom. The van der Waals surface area contributed by atoms with E-state index in [1.807, 2.05) is 39.0 Å². The molecule has 0 fully saturated rings. The third-order valence-corrected chi connectivity index (χ3v) is 5.63. The van der Waals surface area contributed by atoms with Gasteiger partial charge in [0.15, 0.2) is 53.8 Å². The zero-order valence-corrected chi connectivity index (χ0v) is 23.9. The van der Waals surface area contributed by atoms with E-state index in [0.29, 0.717) is 19.8 Å². The van der Waals surface area contributed by atoms with Gasteiger partial charge in [-0.25, -0.2) is 15.0 Å². The van der Waals surface area contributed by atoms with Crippen molar-refractivity contribution in [2.24, 2.45) is 0 Å². The quantitative estimate of drug-likeness (QED) is 0.447. The van der Waals surface area contributed by atoms with Crippen molar-refractivity contribution in [2.75, 3.05) is 19.8 Å². The molecule has 0 saturated heterocycles. The Balaban J connectivity index is 0.000000619. The molecule has 3 aliphatic rings. The van der Waals surface area contributed by atoms with Gasteiger partial charge in [0.25, 0.3) is 0 Å². The van der Waals surface area contributed by atoms with Gasteiger partial charge in [0.1, 0.15) is 0 Å². The Hall–Kier alpha value is -1.58. The zero-order chi connectivity index (χ0) is 24.7. The number of nitrogens with one attached hydrogen (secondary N) is 4. The van der Waals surface area contributed by atoms with Crippen molar-refractivity contribution >= 4 is 52.1 Å². The summed E-state index contributed by atoms with van der Waals surface area (Å²) in [6.07, 6.45) is -1.77. The molecule has 3 heterocycles. The van der Waals surface area contributed by atoms with Gasteiger partial charge < -0.3 is 19.9 Å². The summed E-state index contributed by atoms with van der Waals surface area (Å²) in [6.45, 7) is 20.2. The van der Waals surface area contributed by atoms with Gasteiger partial charge in [-0.15, -0.1) is 5.54 Å². The second kappa shape index (κ2) is 9.82. The third kappa shape index (κ3) is 6.55. The van der Waals surface area contributed by atoms with E-state index in [1.54, 1.807) is 0 Å². The first-order chi connectivity index (χ1) is 15.0. The smallest absolute Gasteiger partial charge is 0.673 e. The van der Waals surface area contributed by atoms with E-state index in [2.05, 4.69) is 68.7 Å². The summed E-state index contributed by atoms with van der Waals surface area (Å²) in [5, 5.41) is 0. The summed E-state index contributed by atoms with van der Waals surface area (Å²) in [6, 6.07) is 10.4. The second-order valence-electron chi connectivity index (χ2n) is 12.5. The first-order valence-corrected chi connectivity index (χ1v) is 11.9. The van der Waals surface area contributed by atoms with Crippen LogP contribution >= 0.6 is 0 Å². The van der Waals surface area contributed by atoms with Crippen LogP contribution in [0.2, 0.25) is 0 Å². The van der Waals surface area contributed by atoms with E-state index < -0.39 is 6.15 Å². The normalized spacial score (nSPS) is 22.0. The molecular weight excluding hydrogens is 439 g/mol. The molecule has 182 valence electrons. The molecule has 4 N–H and O–H groups in total. The maximum atomic E-state index is 6.94. The predicted octanol–water partition coefficient (Wildman–Crippen LogP) is -1.72. The van der Waals surface area contributed by atoms with Gasteiger partial charge in [0.2, 0.25) is 0 Å². The summed E-state index contributed by atoms with van der Waals surface area (Å²) >= 11 is 0. The topological polar surface area (TPSA) is 93.4 Å². The van der Waals surface area contributed by atoms with Crippen molar-refractivity contribution in [2.45, 2.75) is 84.5 Å². The maximum absolute atomic E-state index is 6.94. The molecule has 34 heavy (non-hydrogen) atoms. The van der Waals surface area contributed by atoms with Gasteiger partial charge in [-0.05, 0) is 0 Å². The van der Waals surface area contributed by atoms with Crippen LogP contribution in [-0.4, -0.2) is 88.6 Å². The van der Waals surface area contributed by atoms with Gasteiger partial charge in [-0.2, -0.15) is 5.46 Å². The average molecular weight is 482 g/mol. The van der Waals surface area contributed by atoms with E-state index >= 15 is 0 Å². The van der Waals surface area contributed by atoms with Crippen molar-refractivity contribution < 1.29 is 29.2 Å². The van der Waals surface area contributed by atoms with Crippen LogP contribution in [0.15, 0.2) is 30.3 Å². The number of hydrogen-bond acceptors (Lipinski definition) is 3. The Labute approximate surface area is 221 Å². The Morgan fingerprint density at radius 2 is 1.00 bits per heavy atom. The molecule has 9 heteroatoms. The Kier molecular flexibility index (Phi) is 8.28. The minimum absolute atomic E-state index is 0. The van der Waals surface area contributed by atoms with Crippen LogP contribution in [0.25, 0.3) is 5.73 Å². The monoisotopic (exact) mass is 481 g/mol. The fourth-order valence-electron chi connectivity index (χ4n) is 4.24. The molecule has 7 nitrogen and oxygen atoms in total. The largest absolute Gasteiger partial charge is 2.00 e. The van der Waals surface area contributed by atoms with Crippen molar-refractivity contribution in [3.8, 4) is 0 Å². The van der Waals surface area contributed by atoms with Crippen LogP contribution < -0.4 is 20.4 Å². The predicted molar refractivity (Wildman–Crippen MR) is 140 cm³/mol. The molecule has 0 radical (unpaired) electrons. The summed E-state index contributed by atoms with van der Waals surface area (Å²) in [5.74, 6) is 2.37. The Bertz CT molecular complexity index is 877. The molecule has 0 bridgehead atoms. The van der Waals surface area contributed by atoms with E-state index in [9.17, 15) is 0 Å². The summed E-state index contributed by atoms with van der Waals surface area (Å²) in [7, 11) is 0. The van der Waals surface area contributed by atoms with Crippen molar-refractivity contribution in [1.82, 2.24) is 0 Å². The van der Waals surface area contributed by atoms with E-state index in [0.717, 1.165) is 22.9 Å². The van der Waals surface area contributed by atoms with E-state index in [1.165, 1.54) is 0 Å². The fourth-order valence-corrected chi connectivity index (χ4v) is 4.24. The minimum Gasteiger partial charge on any atom is -0.673 e. The van der Waals surface area contributed by atoms with Gasteiger partial charge in [0, 0.05) is 41.5 Å². The minimum atomic E-state index is -1.77. The molecule has 4 rings (SSSR count). The third-order valence-electron chi connectivity index (χ3n) is 5.63. The number of ether oxygens (including phenoxy) is 3. The van der Waals surface area contributed by atoms with Gasteiger partial charge in [-0.3, -0.25) is 0 Å². The first kappa shape index (κ1) is 28.7. The summed E-state index contributed by atoms with van der Waals surface area (Å²) in [5.41, 5.74) is 7.28. The van der Waals surface area contributed by atoms with E-state index in [4.69, 9.17) is 19.9 Å². The molecule has 0 aliphatic carbocycles. The molecule has 0 saturated carbocycles.